The molecule has 0 saturated heterocycles. The molecule has 0 amide bonds. The summed E-state index contributed by atoms with van der Waals surface area (Å²) < 4.78 is 38.6. The van der Waals surface area contributed by atoms with E-state index in [-0.39, 0.29) is 5.78 Å². The first kappa shape index (κ1) is 21.8. The SMILES string of the molecule is C[Si](C)(Cc1ccc(C(F)(F)F)cc1)/C(=C\C(=O)c1ccccc1)c1ccccc1. The predicted octanol–water partition coefficient (Wildman–Crippen LogP) is 7.00. The quantitative estimate of drug-likeness (QED) is 0.236. The van der Waals surface area contributed by atoms with Crippen LogP contribution in [-0.4, -0.2) is 13.9 Å². The Morgan fingerprint density at radius 2 is 1.30 bits per heavy atom. The average Bonchev–Trinajstić information content (AvgIpc) is 2.72. The van der Waals surface area contributed by atoms with Crippen LogP contribution in [-0.2, 0) is 12.2 Å². The second-order valence-corrected chi connectivity index (χ2v) is 12.6. The number of ketones is 1. The predicted molar refractivity (Wildman–Crippen MR) is 118 cm³/mol. The number of carbonyl (C=O) groups is 1. The monoisotopic (exact) mass is 424 g/mol. The van der Waals surface area contributed by atoms with Crippen molar-refractivity contribution >= 4 is 19.1 Å². The number of halogens is 3. The van der Waals surface area contributed by atoms with Gasteiger partial charge < -0.3 is 0 Å². The molecule has 0 radical (unpaired) electrons. The van der Waals surface area contributed by atoms with E-state index in [1.165, 1.54) is 0 Å². The van der Waals surface area contributed by atoms with Gasteiger partial charge in [0.1, 0.15) is 0 Å². The number of carbonyl (C=O) groups excluding carboxylic acids is 1. The molecule has 1 nitrogen and oxygen atoms in total. The smallest absolute Gasteiger partial charge is 0.289 e. The van der Waals surface area contributed by atoms with Gasteiger partial charge >= 0.3 is 6.18 Å². The summed E-state index contributed by atoms with van der Waals surface area (Å²) in [5.41, 5.74) is 1.79. The van der Waals surface area contributed by atoms with Gasteiger partial charge in [0.15, 0.2) is 5.78 Å². The number of hydrogen-bond donors (Lipinski definition) is 0. The van der Waals surface area contributed by atoms with Gasteiger partial charge in [-0.3, -0.25) is 4.79 Å². The Morgan fingerprint density at radius 3 is 1.80 bits per heavy atom. The fourth-order valence-corrected chi connectivity index (χ4v) is 6.44. The molecule has 0 unspecified atom stereocenters. The summed E-state index contributed by atoms with van der Waals surface area (Å²) in [4.78, 5) is 12.9. The van der Waals surface area contributed by atoms with E-state index in [1.54, 1.807) is 30.3 Å². The normalized spacial score (nSPS) is 12.6. The highest BCUT2D eigenvalue weighted by Gasteiger charge is 2.31. The zero-order valence-corrected chi connectivity index (χ0v) is 17.9. The van der Waals surface area contributed by atoms with Crippen molar-refractivity contribution < 1.29 is 18.0 Å². The molecule has 0 bridgehead atoms. The van der Waals surface area contributed by atoms with Crippen molar-refractivity contribution in [2.45, 2.75) is 25.3 Å². The summed E-state index contributed by atoms with van der Waals surface area (Å²) in [6, 6.07) is 24.8. The van der Waals surface area contributed by atoms with Crippen molar-refractivity contribution in [1.82, 2.24) is 0 Å². The third-order valence-electron chi connectivity index (χ3n) is 5.07. The van der Waals surface area contributed by atoms with Crippen LogP contribution in [0.15, 0.2) is 91.0 Å². The van der Waals surface area contributed by atoms with Crippen molar-refractivity contribution in [3.63, 3.8) is 0 Å². The zero-order chi connectivity index (χ0) is 21.8. The Balaban J connectivity index is 1.96. The number of alkyl halides is 3. The first-order valence-electron chi connectivity index (χ1n) is 9.70. The van der Waals surface area contributed by atoms with Crippen LogP contribution in [0.25, 0.3) is 5.20 Å². The molecule has 5 heteroatoms. The van der Waals surface area contributed by atoms with Gasteiger partial charge in [-0.1, -0.05) is 91.5 Å². The molecule has 3 aromatic rings. The van der Waals surface area contributed by atoms with Crippen molar-refractivity contribution in [2.24, 2.45) is 0 Å². The lowest BCUT2D eigenvalue weighted by molar-refractivity contribution is -0.137. The summed E-state index contributed by atoms with van der Waals surface area (Å²) in [7, 11) is -2.21. The molecule has 0 aromatic heterocycles. The van der Waals surface area contributed by atoms with E-state index in [0.29, 0.717) is 11.6 Å². The minimum atomic E-state index is -4.34. The Kier molecular flexibility index (Phi) is 6.42. The molecule has 0 aliphatic rings. The minimum Gasteiger partial charge on any atom is -0.289 e. The zero-order valence-electron chi connectivity index (χ0n) is 16.9. The molecule has 30 heavy (non-hydrogen) atoms. The van der Waals surface area contributed by atoms with E-state index in [4.69, 9.17) is 0 Å². The van der Waals surface area contributed by atoms with Crippen molar-refractivity contribution in [1.29, 1.82) is 0 Å². The number of allylic oxidation sites excluding steroid dienone is 1. The highest BCUT2D eigenvalue weighted by atomic mass is 28.3. The second-order valence-electron chi connectivity index (χ2n) is 7.91. The number of hydrogen-bond acceptors (Lipinski definition) is 1. The van der Waals surface area contributed by atoms with E-state index in [2.05, 4.69) is 13.1 Å². The first-order chi connectivity index (χ1) is 14.2. The van der Waals surface area contributed by atoms with E-state index < -0.39 is 19.8 Å². The lowest BCUT2D eigenvalue weighted by Gasteiger charge is -2.27. The number of rotatable bonds is 6. The van der Waals surface area contributed by atoms with E-state index in [0.717, 1.165) is 28.5 Å². The maximum Gasteiger partial charge on any atom is 0.416 e. The fourth-order valence-electron chi connectivity index (χ4n) is 3.52. The molecule has 0 aliphatic carbocycles. The molecule has 0 heterocycles. The molecule has 0 spiro atoms. The van der Waals surface area contributed by atoms with Crippen LogP contribution in [0.2, 0.25) is 13.1 Å². The maximum atomic E-state index is 12.9. The molecule has 0 fully saturated rings. The van der Waals surface area contributed by atoms with E-state index in [1.807, 2.05) is 48.5 Å². The van der Waals surface area contributed by atoms with Crippen LogP contribution in [0.5, 0.6) is 0 Å². The Labute approximate surface area is 175 Å². The fraction of sp³-hybridized carbons (Fsp3) is 0.160. The second kappa shape index (κ2) is 8.84. The van der Waals surface area contributed by atoms with Gasteiger partial charge in [-0.15, -0.1) is 0 Å². The summed E-state index contributed by atoms with van der Waals surface area (Å²) >= 11 is 0. The van der Waals surface area contributed by atoms with Crippen LogP contribution in [0.3, 0.4) is 0 Å². The van der Waals surface area contributed by atoms with Crippen molar-refractivity contribution in [3.05, 3.63) is 113 Å². The highest BCUT2D eigenvalue weighted by molar-refractivity contribution is 6.94. The third-order valence-corrected chi connectivity index (χ3v) is 8.26. The molecule has 0 atom stereocenters. The molecule has 3 rings (SSSR count). The molecule has 0 aliphatic heterocycles. The van der Waals surface area contributed by atoms with Crippen LogP contribution >= 0.6 is 0 Å². The van der Waals surface area contributed by atoms with Crippen molar-refractivity contribution in [2.75, 3.05) is 0 Å². The lowest BCUT2D eigenvalue weighted by atomic mass is 10.1. The van der Waals surface area contributed by atoms with Gasteiger partial charge in [-0.05, 0) is 35.0 Å². The summed E-state index contributed by atoms with van der Waals surface area (Å²) in [5.74, 6) is -0.0672. The van der Waals surface area contributed by atoms with Crippen LogP contribution in [0.4, 0.5) is 13.2 Å². The highest BCUT2D eigenvalue weighted by Crippen LogP contribution is 2.32. The molecule has 0 saturated carbocycles. The molecule has 154 valence electrons. The summed E-state index contributed by atoms with van der Waals surface area (Å²) in [6.07, 6.45) is -2.64. The Hall–Kier alpha value is -2.92. The Morgan fingerprint density at radius 1 is 0.800 bits per heavy atom. The molecular formula is C25H23F3OSi. The van der Waals surface area contributed by atoms with E-state index in [9.17, 15) is 18.0 Å². The summed E-state index contributed by atoms with van der Waals surface area (Å²) in [6.45, 7) is 4.28. The van der Waals surface area contributed by atoms with Crippen LogP contribution in [0.1, 0.15) is 27.0 Å². The van der Waals surface area contributed by atoms with Gasteiger partial charge in [-0.2, -0.15) is 13.2 Å². The minimum absolute atomic E-state index is 0.0672. The lowest BCUT2D eigenvalue weighted by Crippen LogP contribution is -2.32. The maximum absolute atomic E-state index is 12.9. The third kappa shape index (κ3) is 5.36. The van der Waals surface area contributed by atoms with Crippen LogP contribution in [0, 0.1) is 0 Å². The molecular weight excluding hydrogens is 401 g/mol. The van der Waals surface area contributed by atoms with Crippen LogP contribution < -0.4 is 0 Å². The first-order valence-corrected chi connectivity index (χ1v) is 12.9. The largest absolute Gasteiger partial charge is 0.416 e. The average molecular weight is 425 g/mol. The van der Waals surface area contributed by atoms with Gasteiger partial charge in [0.05, 0.1) is 13.6 Å². The van der Waals surface area contributed by atoms with Gasteiger partial charge in [0.2, 0.25) is 0 Å². The topological polar surface area (TPSA) is 17.1 Å². The molecule has 0 N–H and O–H groups in total. The summed E-state index contributed by atoms with van der Waals surface area (Å²) in [5, 5.41) is 0.983. The van der Waals surface area contributed by atoms with Gasteiger partial charge in [0, 0.05) is 5.56 Å². The Bertz CT molecular complexity index is 1020. The van der Waals surface area contributed by atoms with E-state index >= 15 is 0 Å². The van der Waals surface area contributed by atoms with Gasteiger partial charge in [-0.25, -0.2) is 0 Å². The van der Waals surface area contributed by atoms with Crippen molar-refractivity contribution in [3.8, 4) is 0 Å². The number of benzene rings is 3. The standard InChI is InChI=1S/C25H23F3OSi/c1-30(2,18-19-13-15-22(16-14-19)25(26,27)28)24(21-11-7-4-8-12-21)17-23(29)20-9-5-3-6-10-20/h3-17H,18H2,1-2H3/b24-17-. The molecule has 3 aromatic carbocycles. The van der Waals surface area contributed by atoms with Gasteiger partial charge in [0.25, 0.3) is 0 Å².